The third kappa shape index (κ3) is 7.69. The van der Waals surface area contributed by atoms with Gasteiger partial charge in [0.2, 0.25) is 0 Å². The maximum absolute atomic E-state index is 9.81. The topological polar surface area (TPSA) is 20.2 Å². The molecule has 1 N–H and O–H groups in total. The molecule has 0 aliphatic carbocycles. The Morgan fingerprint density at radius 1 is 1.07 bits per heavy atom. The van der Waals surface area contributed by atoms with Gasteiger partial charge in [-0.3, -0.25) is 0 Å². The zero-order chi connectivity index (χ0) is 11.4. The lowest BCUT2D eigenvalue weighted by atomic mass is 9.87. The van der Waals surface area contributed by atoms with Crippen LogP contribution in [-0.4, -0.2) is 21.7 Å². The van der Waals surface area contributed by atoms with Gasteiger partial charge in [-0.25, -0.2) is 0 Å². The summed E-state index contributed by atoms with van der Waals surface area (Å²) in [7, 11) is 0. The summed E-state index contributed by atoms with van der Waals surface area (Å²) in [6.45, 7) is 13.0. The van der Waals surface area contributed by atoms with E-state index in [-0.39, 0.29) is 11.5 Å². The van der Waals surface area contributed by atoms with Gasteiger partial charge in [0.25, 0.3) is 0 Å². The summed E-state index contributed by atoms with van der Waals surface area (Å²) in [4.78, 5) is 0. The van der Waals surface area contributed by atoms with Crippen molar-refractivity contribution in [1.82, 2.24) is 0 Å². The number of thioether (sulfide) groups is 1. The molecule has 0 aromatic heterocycles. The van der Waals surface area contributed by atoms with Crippen molar-refractivity contribution in [1.29, 1.82) is 0 Å². The van der Waals surface area contributed by atoms with Crippen LogP contribution in [0.2, 0.25) is 0 Å². The molecule has 0 radical (unpaired) electrons. The van der Waals surface area contributed by atoms with Crippen molar-refractivity contribution in [3.8, 4) is 0 Å². The molecule has 0 aromatic carbocycles. The Morgan fingerprint density at radius 2 is 1.57 bits per heavy atom. The molecule has 1 unspecified atom stereocenters. The van der Waals surface area contributed by atoms with Crippen LogP contribution >= 0.6 is 11.8 Å². The molecule has 14 heavy (non-hydrogen) atoms. The number of hydrogen-bond acceptors (Lipinski definition) is 2. The van der Waals surface area contributed by atoms with Gasteiger partial charge >= 0.3 is 0 Å². The van der Waals surface area contributed by atoms with Crippen molar-refractivity contribution in [2.75, 3.05) is 5.75 Å². The lowest BCUT2D eigenvalue weighted by molar-refractivity contribution is 0.0553. The van der Waals surface area contributed by atoms with Gasteiger partial charge in [0.1, 0.15) is 0 Å². The van der Waals surface area contributed by atoms with Gasteiger partial charge in [-0.1, -0.05) is 41.5 Å². The Morgan fingerprint density at radius 3 is 1.93 bits per heavy atom. The summed E-state index contributed by atoms with van der Waals surface area (Å²) in [6.07, 6.45) is 1.87. The van der Waals surface area contributed by atoms with Crippen LogP contribution < -0.4 is 0 Å². The first kappa shape index (κ1) is 14.3. The van der Waals surface area contributed by atoms with Crippen molar-refractivity contribution in [2.45, 2.75) is 65.2 Å². The average Bonchev–Trinajstić information content (AvgIpc) is 1.93. The number of aliphatic hydroxyl groups is 1. The molecule has 0 aromatic rings. The normalized spacial score (nSPS) is 15.6. The van der Waals surface area contributed by atoms with Gasteiger partial charge in [-0.05, 0) is 24.0 Å². The van der Waals surface area contributed by atoms with Crippen LogP contribution in [-0.2, 0) is 0 Å². The van der Waals surface area contributed by atoms with Crippen LogP contribution in [0.5, 0.6) is 0 Å². The highest BCUT2D eigenvalue weighted by Gasteiger charge is 2.21. The average molecular weight is 218 g/mol. The molecule has 0 heterocycles. The molecular formula is C12H26OS. The lowest BCUT2D eigenvalue weighted by Gasteiger charge is -2.26. The first-order valence-electron chi connectivity index (χ1n) is 5.45. The second-order valence-electron chi connectivity index (χ2n) is 5.98. The predicted molar refractivity (Wildman–Crippen MR) is 66.9 cm³/mol. The minimum Gasteiger partial charge on any atom is -0.393 e. The quantitative estimate of drug-likeness (QED) is 0.726. The van der Waals surface area contributed by atoms with Gasteiger partial charge in [0.15, 0.2) is 0 Å². The lowest BCUT2D eigenvalue weighted by Crippen LogP contribution is -2.26. The number of rotatable bonds is 4. The SMILES string of the molecule is CC(C)(C)SCCCC(O)C(C)(C)C. The Hall–Kier alpha value is 0.310. The first-order valence-corrected chi connectivity index (χ1v) is 6.43. The fourth-order valence-corrected chi connectivity index (χ4v) is 2.01. The molecule has 0 aliphatic rings. The molecule has 0 fully saturated rings. The van der Waals surface area contributed by atoms with Crippen molar-refractivity contribution in [3.05, 3.63) is 0 Å². The third-order valence-corrected chi connectivity index (χ3v) is 3.52. The Labute approximate surface area is 93.7 Å². The summed E-state index contributed by atoms with van der Waals surface area (Å²) < 4.78 is 0.354. The molecule has 0 saturated heterocycles. The van der Waals surface area contributed by atoms with Crippen molar-refractivity contribution >= 4 is 11.8 Å². The van der Waals surface area contributed by atoms with E-state index in [9.17, 15) is 5.11 Å². The van der Waals surface area contributed by atoms with E-state index >= 15 is 0 Å². The highest BCUT2D eigenvalue weighted by atomic mass is 32.2. The van der Waals surface area contributed by atoms with E-state index in [0.717, 1.165) is 18.6 Å². The number of hydrogen-bond donors (Lipinski definition) is 1. The molecular weight excluding hydrogens is 192 g/mol. The monoisotopic (exact) mass is 218 g/mol. The van der Waals surface area contributed by atoms with Crippen molar-refractivity contribution in [3.63, 3.8) is 0 Å². The molecule has 0 amide bonds. The molecule has 0 aliphatic heterocycles. The maximum atomic E-state index is 9.81. The summed E-state index contributed by atoms with van der Waals surface area (Å²) in [5, 5.41) is 9.81. The standard InChI is InChI=1S/C12H26OS/c1-11(2,3)10(13)8-7-9-14-12(4,5)6/h10,13H,7-9H2,1-6H3. The molecule has 2 heteroatoms. The highest BCUT2D eigenvalue weighted by Crippen LogP contribution is 2.27. The Kier molecular flexibility index (Phi) is 5.53. The Balaban J connectivity index is 3.56. The molecule has 86 valence electrons. The van der Waals surface area contributed by atoms with Crippen LogP contribution in [0.15, 0.2) is 0 Å². The zero-order valence-electron chi connectivity index (χ0n) is 10.6. The van der Waals surface area contributed by atoms with Crippen LogP contribution in [0.4, 0.5) is 0 Å². The van der Waals surface area contributed by atoms with Gasteiger partial charge in [-0.2, -0.15) is 11.8 Å². The first-order chi connectivity index (χ1) is 6.13. The second-order valence-corrected chi connectivity index (χ2v) is 7.91. The summed E-state index contributed by atoms with van der Waals surface area (Å²) in [5.41, 5.74) is 0.0341. The molecule has 0 spiro atoms. The van der Waals surface area contributed by atoms with Crippen molar-refractivity contribution < 1.29 is 5.11 Å². The molecule has 1 nitrogen and oxygen atoms in total. The van der Waals surface area contributed by atoms with Gasteiger partial charge in [0.05, 0.1) is 6.10 Å². The second kappa shape index (κ2) is 5.41. The largest absolute Gasteiger partial charge is 0.393 e. The summed E-state index contributed by atoms with van der Waals surface area (Å²) in [6, 6.07) is 0. The van der Waals surface area contributed by atoms with Gasteiger partial charge < -0.3 is 5.11 Å². The highest BCUT2D eigenvalue weighted by molar-refractivity contribution is 8.00. The zero-order valence-corrected chi connectivity index (χ0v) is 11.4. The van der Waals surface area contributed by atoms with Crippen LogP contribution in [0.1, 0.15) is 54.4 Å². The van der Waals surface area contributed by atoms with Gasteiger partial charge in [0, 0.05) is 4.75 Å². The fourth-order valence-electron chi connectivity index (χ4n) is 1.09. The summed E-state index contributed by atoms with van der Waals surface area (Å²) >= 11 is 1.98. The molecule has 0 saturated carbocycles. The van der Waals surface area contributed by atoms with E-state index in [1.165, 1.54) is 0 Å². The van der Waals surface area contributed by atoms with Crippen LogP contribution in [0.25, 0.3) is 0 Å². The minimum absolute atomic E-state index is 0.0341. The molecule has 0 bridgehead atoms. The van der Waals surface area contributed by atoms with E-state index in [2.05, 4.69) is 41.5 Å². The fraction of sp³-hybridized carbons (Fsp3) is 1.00. The van der Waals surface area contributed by atoms with E-state index < -0.39 is 0 Å². The van der Waals surface area contributed by atoms with Crippen molar-refractivity contribution in [2.24, 2.45) is 5.41 Å². The molecule has 0 rings (SSSR count). The van der Waals surface area contributed by atoms with Gasteiger partial charge in [-0.15, -0.1) is 0 Å². The minimum atomic E-state index is -0.164. The number of aliphatic hydroxyl groups excluding tert-OH is 1. The van der Waals surface area contributed by atoms with Crippen LogP contribution in [0.3, 0.4) is 0 Å². The Bertz CT molecular complexity index is 153. The van der Waals surface area contributed by atoms with Crippen LogP contribution in [0, 0.1) is 5.41 Å². The van der Waals surface area contributed by atoms with E-state index in [1.807, 2.05) is 11.8 Å². The van der Waals surface area contributed by atoms with E-state index in [0.29, 0.717) is 4.75 Å². The van der Waals surface area contributed by atoms with E-state index in [1.54, 1.807) is 0 Å². The smallest absolute Gasteiger partial charge is 0.0588 e. The summed E-state index contributed by atoms with van der Waals surface area (Å²) in [5.74, 6) is 1.15. The third-order valence-electron chi connectivity index (χ3n) is 2.16. The molecule has 1 atom stereocenters. The predicted octanol–water partition coefficient (Wildman–Crippen LogP) is 3.71. The maximum Gasteiger partial charge on any atom is 0.0588 e. The van der Waals surface area contributed by atoms with E-state index in [4.69, 9.17) is 0 Å².